The number of rotatable bonds is 5. The highest BCUT2D eigenvalue weighted by molar-refractivity contribution is 5.91. The molecule has 1 amide bonds. The van der Waals surface area contributed by atoms with Crippen LogP contribution in [0.5, 0.6) is 0 Å². The number of aromatic nitrogens is 2. The van der Waals surface area contributed by atoms with E-state index in [4.69, 9.17) is 5.73 Å². The van der Waals surface area contributed by atoms with E-state index in [2.05, 4.69) is 21.4 Å². The summed E-state index contributed by atoms with van der Waals surface area (Å²) in [5.74, 6) is 0.130. The number of hydrogen-bond acceptors (Lipinski definition) is 4. The van der Waals surface area contributed by atoms with Gasteiger partial charge in [-0.3, -0.25) is 4.79 Å². The quantitative estimate of drug-likeness (QED) is 0.635. The zero-order valence-electron chi connectivity index (χ0n) is 11.5. The molecule has 0 unspecified atom stereocenters. The number of nitrogens with two attached hydrogens (primary N) is 1. The SMILES string of the molecule is Nc1ncc(/C=C/C(=O)NCCC2=CCCCC2)cn1. The summed E-state index contributed by atoms with van der Waals surface area (Å²) in [6.45, 7) is 0.688. The van der Waals surface area contributed by atoms with Crippen LogP contribution in [-0.4, -0.2) is 22.4 Å². The van der Waals surface area contributed by atoms with E-state index < -0.39 is 0 Å². The molecule has 3 N–H and O–H groups in total. The van der Waals surface area contributed by atoms with Crippen molar-refractivity contribution < 1.29 is 4.79 Å². The van der Waals surface area contributed by atoms with Crippen LogP contribution in [0.2, 0.25) is 0 Å². The molecule has 0 saturated carbocycles. The van der Waals surface area contributed by atoms with Gasteiger partial charge < -0.3 is 11.1 Å². The number of allylic oxidation sites excluding steroid dienone is 1. The van der Waals surface area contributed by atoms with Crippen LogP contribution in [0.3, 0.4) is 0 Å². The summed E-state index contributed by atoms with van der Waals surface area (Å²) in [4.78, 5) is 19.4. The van der Waals surface area contributed by atoms with Crippen molar-refractivity contribution in [1.82, 2.24) is 15.3 Å². The molecular formula is C15H20N4O. The van der Waals surface area contributed by atoms with E-state index in [1.165, 1.54) is 37.3 Å². The molecule has 1 aromatic rings. The van der Waals surface area contributed by atoms with Gasteiger partial charge in [0.15, 0.2) is 0 Å². The van der Waals surface area contributed by atoms with Gasteiger partial charge in [-0.25, -0.2) is 9.97 Å². The lowest BCUT2D eigenvalue weighted by Crippen LogP contribution is -2.22. The number of amides is 1. The minimum atomic E-state index is -0.0989. The topological polar surface area (TPSA) is 80.9 Å². The van der Waals surface area contributed by atoms with Crippen molar-refractivity contribution in [2.24, 2.45) is 0 Å². The molecule has 1 aliphatic carbocycles. The van der Waals surface area contributed by atoms with Gasteiger partial charge in [-0.2, -0.15) is 0 Å². The van der Waals surface area contributed by atoms with Gasteiger partial charge in [0.1, 0.15) is 0 Å². The van der Waals surface area contributed by atoms with Crippen molar-refractivity contribution in [3.05, 3.63) is 35.7 Å². The zero-order chi connectivity index (χ0) is 14.2. The molecule has 0 fully saturated rings. The third-order valence-electron chi connectivity index (χ3n) is 3.25. The van der Waals surface area contributed by atoms with E-state index in [0.717, 1.165) is 12.0 Å². The van der Waals surface area contributed by atoms with Crippen molar-refractivity contribution in [1.29, 1.82) is 0 Å². The van der Waals surface area contributed by atoms with Crippen LogP contribution in [0.15, 0.2) is 30.1 Å². The zero-order valence-corrected chi connectivity index (χ0v) is 11.5. The lowest BCUT2D eigenvalue weighted by atomic mass is 9.97. The van der Waals surface area contributed by atoms with Crippen LogP contribution in [0.4, 0.5) is 5.95 Å². The molecule has 0 atom stereocenters. The van der Waals surface area contributed by atoms with Crippen molar-refractivity contribution >= 4 is 17.9 Å². The van der Waals surface area contributed by atoms with Gasteiger partial charge in [-0.05, 0) is 38.2 Å². The van der Waals surface area contributed by atoms with Gasteiger partial charge in [-0.15, -0.1) is 0 Å². The van der Waals surface area contributed by atoms with E-state index in [0.29, 0.717) is 6.54 Å². The molecule has 5 nitrogen and oxygen atoms in total. The molecule has 20 heavy (non-hydrogen) atoms. The molecule has 0 aromatic carbocycles. The summed E-state index contributed by atoms with van der Waals surface area (Å²) in [6.07, 6.45) is 14.5. The van der Waals surface area contributed by atoms with Crippen LogP contribution >= 0.6 is 0 Å². The fourth-order valence-corrected chi connectivity index (χ4v) is 2.14. The highest BCUT2D eigenvalue weighted by atomic mass is 16.1. The first-order chi connectivity index (χ1) is 9.74. The van der Waals surface area contributed by atoms with Gasteiger partial charge in [0, 0.05) is 30.6 Å². The number of carbonyl (C=O) groups is 1. The molecule has 106 valence electrons. The Morgan fingerprint density at radius 2 is 2.15 bits per heavy atom. The second-order valence-corrected chi connectivity index (χ2v) is 4.86. The summed E-state index contributed by atoms with van der Waals surface area (Å²) in [5.41, 5.74) is 7.61. The Morgan fingerprint density at radius 3 is 2.85 bits per heavy atom. The van der Waals surface area contributed by atoms with Crippen molar-refractivity contribution in [2.75, 3.05) is 12.3 Å². The highest BCUT2D eigenvalue weighted by Crippen LogP contribution is 2.19. The molecule has 1 aliphatic rings. The fraction of sp³-hybridized carbons (Fsp3) is 0.400. The van der Waals surface area contributed by atoms with Crippen LogP contribution in [-0.2, 0) is 4.79 Å². The van der Waals surface area contributed by atoms with E-state index >= 15 is 0 Å². The minimum Gasteiger partial charge on any atom is -0.368 e. The molecular weight excluding hydrogens is 252 g/mol. The number of carbonyl (C=O) groups excluding carboxylic acids is 1. The Balaban J connectivity index is 1.72. The van der Waals surface area contributed by atoms with Crippen LogP contribution in [0.1, 0.15) is 37.7 Å². The van der Waals surface area contributed by atoms with E-state index in [1.807, 2.05) is 0 Å². The number of nitrogens with one attached hydrogen (secondary N) is 1. The summed E-state index contributed by atoms with van der Waals surface area (Å²) in [6, 6.07) is 0. The van der Waals surface area contributed by atoms with E-state index in [1.54, 1.807) is 18.5 Å². The summed E-state index contributed by atoms with van der Waals surface area (Å²) >= 11 is 0. The molecule has 0 bridgehead atoms. The normalized spacial score (nSPS) is 15.1. The Bertz CT molecular complexity index is 505. The van der Waals surface area contributed by atoms with Crippen LogP contribution in [0, 0.1) is 0 Å². The summed E-state index contributed by atoms with van der Waals surface area (Å²) in [7, 11) is 0. The Kier molecular flexibility index (Phi) is 5.29. The molecule has 0 spiro atoms. The average molecular weight is 272 g/mol. The predicted octanol–water partition coefficient (Wildman–Crippen LogP) is 2.08. The van der Waals surface area contributed by atoms with Gasteiger partial charge >= 0.3 is 0 Å². The van der Waals surface area contributed by atoms with E-state index in [-0.39, 0.29) is 11.9 Å². The maximum absolute atomic E-state index is 11.6. The number of nitrogens with zero attached hydrogens (tertiary/aromatic N) is 2. The molecule has 1 heterocycles. The second-order valence-electron chi connectivity index (χ2n) is 4.86. The first kappa shape index (κ1) is 14.2. The van der Waals surface area contributed by atoms with Gasteiger partial charge in [0.25, 0.3) is 0 Å². The monoisotopic (exact) mass is 272 g/mol. The second kappa shape index (κ2) is 7.43. The molecule has 1 aromatic heterocycles. The first-order valence-electron chi connectivity index (χ1n) is 6.95. The Labute approximate surface area is 119 Å². The Morgan fingerprint density at radius 1 is 1.35 bits per heavy atom. The van der Waals surface area contributed by atoms with Crippen molar-refractivity contribution in [2.45, 2.75) is 32.1 Å². The van der Waals surface area contributed by atoms with Crippen LogP contribution in [0.25, 0.3) is 6.08 Å². The van der Waals surface area contributed by atoms with Crippen molar-refractivity contribution in [3.8, 4) is 0 Å². The maximum atomic E-state index is 11.6. The number of nitrogen functional groups attached to an aromatic ring is 1. The smallest absolute Gasteiger partial charge is 0.244 e. The maximum Gasteiger partial charge on any atom is 0.244 e. The predicted molar refractivity (Wildman–Crippen MR) is 79.7 cm³/mol. The largest absolute Gasteiger partial charge is 0.368 e. The average Bonchev–Trinajstić information content (AvgIpc) is 2.48. The van der Waals surface area contributed by atoms with Crippen molar-refractivity contribution in [3.63, 3.8) is 0 Å². The summed E-state index contributed by atoms with van der Waals surface area (Å²) in [5, 5.41) is 2.88. The minimum absolute atomic E-state index is 0.0989. The molecule has 0 radical (unpaired) electrons. The Hall–Kier alpha value is -2.17. The van der Waals surface area contributed by atoms with Gasteiger partial charge in [0.05, 0.1) is 0 Å². The van der Waals surface area contributed by atoms with Crippen LogP contribution < -0.4 is 11.1 Å². The van der Waals surface area contributed by atoms with Gasteiger partial charge in [-0.1, -0.05) is 11.6 Å². The standard InChI is InChI=1S/C15H20N4O/c16-15-18-10-13(11-19-15)6-7-14(20)17-9-8-12-4-2-1-3-5-12/h4,6-7,10-11H,1-3,5,8-9H2,(H,17,20)(H2,16,18,19)/b7-6+. The number of anilines is 1. The lowest BCUT2D eigenvalue weighted by Gasteiger charge is -2.12. The van der Waals surface area contributed by atoms with E-state index in [9.17, 15) is 4.79 Å². The third-order valence-corrected chi connectivity index (χ3v) is 3.25. The molecule has 2 rings (SSSR count). The molecule has 0 aliphatic heterocycles. The molecule has 5 heteroatoms. The summed E-state index contributed by atoms with van der Waals surface area (Å²) < 4.78 is 0. The fourth-order valence-electron chi connectivity index (χ4n) is 2.14. The lowest BCUT2D eigenvalue weighted by molar-refractivity contribution is -0.116. The number of hydrogen-bond donors (Lipinski definition) is 2. The molecule has 0 saturated heterocycles. The first-order valence-corrected chi connectivity index (χ1v) is 6.95. The van der Waals surface area contributed by atoms with Gasteiger partial charge in [0.2, 0.25) is 11.9 Å². The third kappa shape index (κ3) is 4.84. The highest BCUT2D eigenvalue weighted by Gasteiger charge is 2.03.